The van der Waals surface area contributed by atoms with E-state index in [1.165, 1.54) is 17.3 Å². The number of thioether (sulfide) groups is 1. The van der Waals surface area contributed by atoms with Crippen LogP contribution < -0.4 is 10.1 Å². The van der Waals surface area contributed by atoms with E-state index in [1.807, 2.05) is 74.5 Å². The van der Waals surface area contributed by atoms with Crippen LogP contribution in [0.3, 0.4) is 0 Å². The van der Waals surface area contributed by atoms with E-state index in [2.05, 4.69) is 5.32 Å². The molecule has 0 radical (unpaired) electrons. The molecule has 0 aliphatic carbocycles. The fourth-order valence-electron chi connectivity index (χ4n) is 3.41. The Balaban J connectivity index is 1.38. The predicted octanol–water partition coefficient (Wildman–Crippen LogP) is 5.72. The summed E-state index contributed by atoms with van der Waals surface area (Å²) in [6.07, 6.45) is 1.80. The SMILES string of the molecule is Cc1ccc(NC(=O)COc2cccc(C=C3SC(=S)N(Cc4ccccc4)C3=O)c2)cc1C. The highest BCUT2D eigenvalue weighted by Gasteiger charge is 2.31. The van der Waals surface area contributed by atoms with Gasteiger partial charge in [0.2, 0.25) is 0 Å². The van der Waals surface area contributed by atoms with Crippen LogP contribution in [0.15, 0.2) is 77.7 Å². The van der Waals surface area contributed by atoms with Gasteiger partial charge in [0.15, 0.2) is 6.61 Å². The summed E-state index contributed by atoms with van der Waals surface area (Å²) in [7, 11) is 0. The molecule has 0 bridgehead atoms. The third-order valence-corrected chi connectivity index (χ3v) is 6.75. The average molecular weight is 489 g/mol. The maximum Gasteiger partial charge on any atom is 0.266 e. The maximum absolute atomic E-state index is 12.9. The average Bonchev–Trinajstić information content (AvgIpc) is 3.08. The van der Waals surface area contributed by atoms with Gasteiger partial charge in [0, 0.05) is 5.69 Å². The lowest BCUT2D eigenvalue weighted by molar-refractivity contribution is -0.122. The van der Waals surface area contributed by atoms with Crippen LogP contribution in [-0.2, 0) is 16.1 Å². The Kier molecular flexibility index (Phi) is 7.45. The molecule has 1 fully saturated rings. The van der Waals surface area contributed by atoms with E-state index in [0.717, 1.165) is 22.4 Å². The van der Waals surface area contributed by atoms with Crippen LogP contribution in [0.5, 0.6) is 5.75 Å². The highest BCUT2D eigenvalue weighted by atomic mass is 32.2. The first-order chi connectivity index (χ1) is 16.4. The summed E-state index contributed by atoms with van der Waals surface area (Å²) < 4.78 is 6.22. The van der Waals surface area contributed by atoms with E-state index >= 15 is 0 Å². The number of hydrogen-bond acceptors (Lipinski definition) is 5. The Morgan fingerprint density at radius 1 is 1.03 bits per heavy atom. The van der Waals surface area contributed by atoms with E-state index in [-0.39, 0.29) is 18.4 Å². The number of benzene rings is 3. The summed E-state index contributed by atoms with van der Waals surface area (Å²) >= 11 is 6.72. The molecule has 0 aromatic heterocycles. The number of carbonyl (C=O) groups excluding carboxylic acids is 2. The molecule has 1 N–H and O–H groups in total. The molecule has 3 aromatic carbocycles. The normalized spacial score (nSPS) is 14.5. The molecular weight excluding hydrogens is 464 g/mol. The van der Waals surface area contributed by atoms with Crippen molar-refractivity contribution in [3.05, 3.63) is 100.0 Å². The Morgan fingerprint density at radius 3 is 2.59 bits per heavy atom. The number of amides is 2. The molecule has 1 heterocycles. The molecule has 3 aromatic rings. The molecule has 1 saturated heterocycles. The summed E-state index contributed by atoms with van der Waals surface area (Å²) in [4.78, 5) is 27.4. The third-order valence-electron chi connectivity index (χ3n) is 5.37. The minimum atomic E-state index is -0.240. The van der Waals surface area contributed by atoms with Gasteiger partial charge in [-0.1, -0.05) is 72.5 Å². The molecule has 0 unspecified atom stereocenters. The topological polar surface area (TPSA) is 58.6 Å². The van der Waals surface area contributed by atoms with E-state index in [0.29, 0.717) is 21.5 Å². The smallest absolute Gasteiger partial charge is 0.266 e. The summed E-state index contributed by atoms with van der Waals surface area (Å²) in [5.74, 6) is 0.192. The van der Waals surface area contributed by atoms with Crippen LogP contribution in [0.1, 0.15) is 22.3 Å². The first kappa shape index (κ1) is 23.7. The van der Waals surface area contributed by atoms with Crippen LogP contribution in [0.4, 0.5) is 5.69 Å². The first-order valence-corrected chi connectivity index (χ1v) is 12.0. The molecule has 0 atom stereocenters. The van der Waals surface area contributed by atoms with Gasteiger partial charge in [-0.2, -0.15) is 0 Å². The van der Waals surface area contributed by atoms with Crippen LogP contribution >= 0.6 is 24.0 Å². The van der Waals surface area contributed by atoms with Gasteiger partial charge in [-0.05, 0) is 66.4 Å². The number of nitrogens with one attached hydrogen (secondary N) is 1. The zero-order valence-electron chi connectivity index (χ0n) is 18.9. The van der Waals surface area contributed by atoms with Crippen molar-refractivity contribution in [3.63, 3.8) is 0 Å². The Labute approximate surface area is 208 Å². The molecule has 7 heteroatoms. The zero-order chi connectivity index (χ0) is 24.1. The number of rotatable bonds is 7. The molecule has 2 amide bonds. The van der Waals surface area contributed by atoms with Gasteiger partial charge in [-0.25, -0.2) is 0 Å². The van der Waals surface area contributed by atoms with Crippen molar-refractivity contribution in [2.45, 2.75) is 20.4 Å². The van der Waals surface area contributed by atoms with Gasteiger partial charge in [-0.3, -0.25) is 14.5 Å². The van der Waals surface area contributed by atoms with Crippen molar-refractivity contribution in [2.75, 3.05) is 11.9 Å². The molecule has 1 aliphatic rings. The Hall–Kier alpha value is -3.42. The van der Waals surface area contributed by atoms with Crippen molar-refractivity contribution >= 4 is 51.9 Å². The summed E-state index contributed by atoms with van der Waals surface area (Å²) in [5, 5.41) is 2.85. The van der Waals surface area contributed by atoms with Gasteiger partial charge in [-0.15, -0.1) is 0 Å². The van der Waals surface area contributed by atoms with E-state index in [1.54, 1.807) is 23.1 Å². The number of nitrogens with zero attached hydrogens (tertiary/aromatic N) is 1. The molecule has 172 valence electrons. The maximum atomic E-state index is 12.9. The van der Waals surface area contributed by atoms with Crippen molar-refractivity contribution < 1.29 is 14.3 Å². The Morgan fingerprint density at radius 2 is 1.82 bits per heavy atom. The zero-order valence-corrected chi connectivity index (χ0v) is 20.5. The second-order valence-corrected chi connectivity index (χ2v) is 9.64. The van der Waals surface area contributed by atoms with E-state index < -0.39 is 0 Å². The van der Waals surface area contributed by atoms with Gasteiger partial charge in [0.05, 0.1) is 11.4 Å². The van der Waals surface area contributed by atoms with Gasteiger partial charge in [0.25, 0.3) is 11.8 Å². The monoisotopic (exact) mass is 488 g/mol. The van der Waals surface area contributed by atoms with E-state index in [4.69, 9.17) is 17.0 Å². The van der Waals surface area contributed by atoms with Gasteiger partial charge < -0.3 is 10.1 Å². The van der Waals surface area contributed by atoms with Crippen molar-refractivity contribution in [3.8, 4) is 5.75 Å². The second-order valence-electron chi connectivity index (χ2n) is 7.96. The predicted molar refractivity (Wildman–Crippen MR) is 142 cm³/mol. The first-order valence-electron chi connectivity index (χ1n) is 10.8. The summed E-state index contributed by atoms with van der Waals surface area (Å²) in [5.41, 5.74) is 4.84. The lowest BCUT2D eigenvalue weighted by Gasteiger charge is -2.14. The number of thiocarbonyl (C=S) groups is 1. The fraction of sp³-hybridized carbons (Fsp3) is 0.148. The van der Waals surface area contributed by atoms with Crippen LogP contribution in [0.25, 0.3) is 6.08 Å². The van der Waals surface area contributed by atoms with Crippen LogP contribution in [0.2, 0.25) is 0 Å². The number of carbonyl (C=O) groups is 2. The summed E-state index contributed by atoms with van der Waals surface area (Å²) in [6, 6.07) is 22.8. The van der Waals surface area contributed by atoms with Gasteiger partial charge >= 0.3 is 0 Å². The largest absolute Gasteiger partial charge is 0.484 e. The molecular formula is C27H24N2O3S2. The molecule has 5 nitrogen and oxygen atoms in total. The number of ether oxygens (including phenoxy) is 1. The molecule has 0 spiro atoms. The summed E-state index contributed by atoms with van der Waals surface area (Å²) in [6.45, 7) is 4.36. The number of aryl methyl sites for hydroxylation is 2. The second kappa shape index (κ2) is 10.7. The standard InChI is InChI=1S/C27H24N2O3S2/c1-18-11-12-22(13-19(18)2)28-25(30)17-32-23-10-6-9-21(14-23)15-24-26(31)29(27(33)34-24)16-20-7-4-3-5-8-20/h3-15H,16-17H2,1-2H3,(H,28,30). The molecule has 4 rings (SSSR count). The molecule has 34 heavy (non-hydrogen) atoms. The minimum Gasteiger partial charge on any atom is -0.484 e. The quantitative estimate of drug-likeness (QED) is 0.340. The molecule has 1 aliphatic heterocycles. The van der Waals surface area contributed by atoms with Crippen LogP contribution in [0, 0.1) is 13.8 Å². The van der Waals surface area contributed by atoms with Crippen molar-refractivity contribution in [1.29, 1.82) is 0 Å². The number of hydrogen-bond donors (Lipinski definition) is 1. The lowest BCUT2D eigenvalue weighted by Crippen LogP contribution is -2.27. The third kappa shape index (κ3) is 5.92. The van der Waals surface area contributed by atoms with Crippen molar-refractivity contribution in [2.24, 2.45) is 0 Å². The highest BCUT2D eigenvalue weighted by molar-refractivity contribution is 8.26. The molecule has 0 saturated carbocycles. The highest BCUT2D eigenvalue weighted by Crippen LogP contribution is 2.34. The van der Waals surface area contributed by atoms with Crippen molar-refractivity contribution in [1.82, 2.24) is 4.90 Å². The van der Waals surface area contributed by atoms with E-state index in [9.17, 15) is 9.59 Å². The fourth-order valence-corrected chi connectivity index (χ4v) is 4.67. The number of anilines is 1. The van der Waals surface area contributed by atoms with Crippen LogP contribution in [-0.4, -0.2) is 27.6 Å². The lowest BCUT2D eigenvalue weighted by atomic mass is 10.1. The Bertz CT molecular complexity index is 1270. The van der Waals surface area contributed by atoms with Gasteiger partial charge in [0.1, 0.15) is 10.1 Å². The minimum absolute atomic E-state index is 0.113.